The smallest absolute Gasteiger partial charge is 0.296 e. The van der Waals surface area contributed by atoms with Gasteiger partial charge in [-0.1, -0.05) is 60.3 Å². The van der Waals surface area contributed by atoms with E-state index in [1.807, 2.05) is 26.0 Å². The Bertz CT molecular complexity index is 1180. The molecule has 4 rings (SSSR count). The fraction of sp³-hybridized carbons (Fsp3) is 0.154. The van der Waals surface area contributed by atoms with Crippen molar-refractivity contribution in [2.24, 2.45) is 0 Å². The van der Waals surface area contributed by atoms with Crippen molar-refractivity contribution in [3.63, 3.8) is 0 Å². The molecule has 0 saturated heterocycles. The monoisotopic (exact) mass is 422 g/mol. The quantitative estimate of drug-likeness (QED) is 0.402. The summed E-state index contributed by atoms with van der Waals surface area (Å²) in [6.07, 6.45) is 9.36. The van der Waals surface area contributed by atoms with Crippen molar-refractivity contribution < 1.29 is 9.58 Å². The zero-order chi connectivity index (χ0) is 21.8. The lowest BCUT2D eigenvalue weighted by atomic mass is 9.92. The minimum Gasteiger partial charge on any atom is -0.361 e. The van der Waals surface area contributed by atoms with Gasteiger partial charge in [0.1, 0.15) is 0 Å². The van der Waals surface area contributed by atoms with Gasteiger partial charge in [0.25, 0.3) is 11.4 Å². The highest BCUT2D eigenvalue weighted by molar-refractivity contribution is 7.99. The maximum Gasteiger partial charge on any atom is 0.296 e. The molecule has 0 aromatic heterocycles. The van der Waals surface area contributed by atoms with Gasteiger partial charge in [0.05, 0.1) is 12.8 Å². The Labute approximate surface area is 186 Å². The molecule has 2 aliphatic carbocycles. The number of allylic oxidation sites excluding steroid dienone is 8. The highest BCUT2D eigenvalue weighted by atomic mass is 32.2. The molecule has 0 fully saturated rings. The van der Waals surface area contributed by atoms with E-state index in [9.17, 15) is 0 Å². The Morgan fingerprint density at radius 1 is 0.677 bits per heavy atom. The highest BCUT2D eigenvalue weighted by Crippen LogP contribution is 2.41. The summed E-state index contributed by atoms with van der Waals surface area (Å²) < 4.78 is 0. The van der Waals surface area contributed by atoms with Crippen molar-refractivity contribution in [2.75, 3.05) is 0 Å². The molecule has 5 heteroatoms. The molecule has 0 atom stereocenters. The number of nitrogens with zero attached hydrogens (tertiary/aromatic N) is 4. The molecule has 0 aliphatic heterocycles. The topological polar surface area (TPSA) is 72.8 Å². The van der Waals surface area contributed by atoms with Gasteiger partial charge in [-0.25, -0.2) is 0 Å². The van der Waals surface area contributed by atoms with E-state index in [2.05, 4.69) is 70.3 Å². The van der Waals surface area contributed by atoms with E-state index in [1.54, 1.807) is 11.8 Å². The predicted molar refractivity (Wildman–Crippen MR) is 127 cm³/mol. The van der Waals surface area contributed by atoms with Crippen LogP contribution in [-0.2, 0) is 0 Å². The van der Waals surface area contributed by atoms with Gasteiger partial charge in [0, 0.05) is 21.9 Å². The molecule has 0 amide bonds. The molecule has 0 radical (unpaired) electrons. The molecule has 0 N–H and O–H groups in total. The minimum atomic E-state index is 0.615. The van der Waals surface area contributed by atoms with Gasteiger partial charge in [-0.2, -0.15) is 9.58 Å². The third kappa shape index (κ3) is 4.35. The summed E-state index contributed by atoms with van der Waals surface area (Å²) >= 11 is 1.75. The van der Waals surface area contributed by atoms with Gasteiger partial charge < -0.3 is 11.1 Å². The first-order valence-corrected chi connectivity index (χ1v) is 11.0. The maximum atomic E-state index is 9.10. The summed E-state index contributed by atoms with van der Waals surface area (Å²) in [6, 6.07) is 16.8. The van der Waals surface area contributed by atoms with Crippen molar-refractivity contribution in [3.8, 4) is 0 Å². The van der Waals surface area contributed by atoms with Crippen LogP contribution in [0.2, 0.25) is 0 Å². The second-order valence-electron chi connectivity index (χ2n) is 7.58. The van der Waals surface area contributed by atoms with Gasteiger partial charge in [-0.05, 0) is 59.4 Å². The van der Waals surface area contributed by atoms with Crippen LogP contribution in [0.25, 0.3) is 22.2 Å². The van der Waals surface area contributed by atoms with Crippen LogP contribution >= 0.6 is 11.8 Å². The molecule has 0 spiro atoms. The molecule has 0 saturated carbocycles. The average Bonchev–Trinajstić information content (AvgIpc) is 2.80. The second-order valence-corrected chi connectivity index (χ2v) is 8.66. The van der Waals surface area contributed by atoms with Crippen LogP contribution in [0.15, 0.2) is 93.8 Å². The van der Waals surface area contributed by atoms with E-state index in [4.69, 9.17) is 11.1 Å². The molecular weight excluding hydrogens is 400 g/mol. The third-order valence-electron chi connectivity index (χ3n) is 5.48. The van der Waals surface area contributed by atoms with E-state index >= 15 is 0 Å². The standard InChI is InChI=1S/C26H22N4S/c1-17-15-19(29-27)11-13-21(17)23-7-3-5-9-25(23)31-26-10-6-4-8-24(26)22-14-12-20(30-28)16-18(22)2/h3-10,13-16H,11-12H2,1-2H3. The van der Waals surface area contributed by atoms with Crippen molar-refractivity contribution >= 4 is 34.3 Å². The fourth-order valence-electron chi connectivity index (χ4n) is 3.97. The van der Waals surface area contributed by atoms with E-state index < -0.39 is 0 Å². The Morgan fingerprint density at radius 3 is 1.48 bits per heavy atom. The second kappa shape index (κ2) is 9.11. The Morgan fingerprint density at radius 2 is 1.10 bits per heavy atom. The summed E-state index contributed by atoms with van der Waals surface area (Å²) in [5, 5.41) is 0. The van der Waals surface area contributed by atoms with Crippen molar-refractivity contribution in [1.29, 1.82) is 0 Å². The van der Waals surface area contributed by atoms with Crippen molar-refractivity contribution in [3.05, 3.63) is 106 Å². The third-order valence-corrected chi connectivity index (χ3v) is 6.63. The summed E-state index contributed by atoms with van der Waals surface area (Å²) in [7, 11) is 0. The lowest BCUT2D eigenvalue weighted by Gasteiger charge is -2.18. The Kier molecular flexibility index (Phi) is 6.11. The van der Waals surface area contributed by atoms with Gasteiger partial charge in [0.2, 0.25) is 0 Å². The van der Waals surface area contributed by atoms with Crippen LogP contribution < -0.4 is 0 Å². The lowest BCUT2D eigenvalue weighted by Crippen LogP contribution is -2.04. The molecule has 2 aromatic carbocycles. The maximum absolute atomic E-state index is 9.10. The first kappa shape index (κ1) is 20.8. The normalized spacial score (nSPS) is 15.9. The van der Waals surface area contributed by atoms with Gasteiger partial charge in [-0.15, -0.1) is 0 Å². The predicted octanol–water partition coefficient (Wildman–Crippen LogP) is 6.65. The van der Waals surface area contributed by atoms with Crippen LogP contribution in [-0.4, -0.2) is 21.0 Å². The van der Waals surface area contributed by atoms with Gasteiger partial charge in [-0.3, -0.25) is 0 Å². The summed E-state index contributed by atoms with van der Waals surface area (Å²) in [5.74, 6) is 0. The number of hydrogen-bond donors (Lipinski definition) is 0. The lowest BCUT2D eigenvalue weighted by molar-refractivity contribution is -0.00589. The summed E-state index contributed by atoms with van der Waals surface area (Å²) in [5.41, 5.74) is 26.4. The number of benzene rings is 2. The molecular formula is C26H22N4S. The van der Waals surface area contributed by atoms with Crippen LogP contribution in [0.4, 0.5) is 0 Å². The zero-order valence-electron chi connectivity index (χ0n) is 17.5. The van der Waals surface area contributed by atoms with E-state index in [-0.39, 0.29) is 0 Å². The molecule has 0 bridgehead atoms. The van der Waals surface area contributed by atoms with Gasteiger partial charge in [0.15, 0.2) is 0 Å². The zero-order valence-corrected chi connectivity index (χ0v) is 18.4. The van der Waals surface area contributed by atoms with Crippen LogP contribution in [0.1, 0.15) is 37.8 Å². The van der Waals surface area contributed by atoms with Crippen LogP contribution in [0.3, 0.4) is 0 Å². The molecule has 4 nitrogen and oxygen atoms in total. The van der Waals surface area contributed by atoms with Crippen LogP contribution in [0.5, 0.6) is 0 Å². The Balaban J connectivity index is 1.72. The first-order valence-electron chi connectivity index (χ1n) is 10.2. The number of rotatable bonds is 4. The largest absolute Gasteiger partial charge is 0.361 e. The molecule has 0 heterocycles. The minimum absolute atomic E-state index is 0.615. The first-order chi connectivity index (χ1) is 15.1. The van der Waals surface area contributed by atoms with E-state index in [0.717, 1.165) is 11.1 Å². The van der Waals surface area contributed by atoms with E-state index in [1.165, 1.54) is 32.1 Å². The molecule has 0 unspecified atom stereocenters. The molecule has 152 valence electrons. The molecule has 31 heavy (non-hydrogen) atoms. The summed E-state index contributed by atoms with van der Waals surface area (Å²) in [4.78, 5) is 9.06. The molecule has 2 aliphatic rings. The highest BCUT2D eigenvalue weighted by Gasteiger charge is 2.20. The number of hydrogen-bond acceptors (Lipinski definition) is 1. The SMILES string of the molecule is CC1=CC(=[N+]=[N-])CC=C1c1ccccc1Sc1ccccc1C1=CCC(=[N+]=[N-])C=C1C. The van der Waals surface area contributed by atoms with Gasteiger partial charge >= 0.3 is 0 Å². The Hall–Kier alpha value is -3.49. The average molecular weight is 423 g/mol. The molecule has 2 aromatic rings. The van der Waals surface area contributed by atoms with Crippen LogP contribution in [0, 0.1) is 0 Å². The van der Waals surface area contributed by atoms with Crippen molar-refractivity contribution in [2.45, 2.75) is 36.5 Å². The fourth-order valence-corrected chi connectivity index (χ4v) is 5.07. The van der Waals surface area contributed by atoms with E-state index in [0.29, 0.717) is 24.3 Å². The van der Waals surface area contributed by atoms with Crippen molar-refractivity contribution in [1.82, 2.24) is 0 Å². The summed E-state index contributed by atoms with van der Waals surface area (Å²) in [6.45, 7) is 4.10.